The minimum atomic E-state index is -1.43. The molecule has 3 aliphatic rings. The predicted molar refractivity (Wildman–Crippen MR) is 275 cm³/mol. The Morgan fingerprint density at radius 3 is 2.17 bits per heavy atom. The number of anilines is 1. The van der Waals surface area contributed by atoms with Crippen LogP contribution in [0, 0.1) is 11.8 Å². The zero-order chi connectivity index (χ0) is 56.4. The van der Waals surface area contributed by atoms with E-state index in [2.05, 4.69) is 47.9 Å². The van der Waals surface area contributed by atoms with Crippen molar-refractivity contribution in [3.63, 3.8) is 0 Å². The third kappa shape index (κ3) is 22.7. The molecule has 1 aromatic rings. The van der Waals surface area contributed by atoms with E-state index in [1.54, 1.807) is 11.8 Å². The number of esters is 1. The number of aldehydes is 1. The maximum absolute atomic E-state index is 13.5. The van der Waals surface area contributed by atoms with Gasteiger partial charge in [-0.2, -0.15) is 0 Å². The van der Waals surface area contributed by atoms with Crippen molar-refractivity contribution in [2.24, 2.45) is 11.8 Å². The molecule has 0 bridgehead atoms. The molecule has 0 radical (unpaired) electrons. The van der Waals surface area contributed by atoms with Crippen LogP contribution < -0.4 is 47.9 Å². The second kappa shape index (κ2) is 32.7. The molecule has 4 rings (SSSR count). The number of aryl methyl sites for hydroxylation is 1. The highest BCUT2D eigenvalue weighted by molar-refractivity contribution is 5.91. The minimum Gasteiger partial charge on any atom is -0.481 e. The van der Waals surface area contributed by atoms with Gasteiger partial charge in [0.25, 0.3) is 0 Å². The van der Waals surface area contributed by atoms with Crippen molar-refractivity contribution in [2.75, 3.05) is 83.9 Å². The average molecular weight is 1090 g/mol. The van der Waals surface area contributed by atoms with E-state index in [1.807, 2.05) is 30.0 Å². The number of carboxylic acids is 3. The number of hydrogen-bond donors (Lipinski definition) is 13. The van der Waals surface area contributed by atoms with E-state index in [0.29, 0.717) is 83.0 Å². The fourth-order valence-corrected chi connectivity index (χ4v) is 9.07. The summed E-state index contributed by atoms with van der Waals surface area (Å²) < 4.78 is 4.71. The molecule has 0 saturated carbocycles. The molecule has 6 amide bonds. The van der Waals surface area contributed by atoms with Crippen LogP contribution in [0.2, 0.25) is 0 Å². The van der Waals surface area contributed by atoms with Gasteiger partial charge in [0.05, 0.1) is 32.1 Å². The molecular formula is C50H77N11O16. The van der Waals surface area contributed by atoms with Gasteiger partial charge in [-0.25, -0.2) is 0 Å². The number of likely N-dealkylation sites (tertiary alicyclic amines) is 1. The van der Waals surface area contributed by atoms with Crippen LogP contribution in [0.1, 0.15) is 82.8 Å². The fraction of sp³-hybridized carbons (Fsp3) is 0.660. The SMILES string of the molecule is CC[C@H](C)[C@H](NC(=O)CCNC(=O)CCNC(=O)[C@@H](CCC(=O)O)NC(=O)CN1CCC(CNCCN(CCNCC(=O)O)CC(=O)O)CC1)C(=O)N[C@H](C=O)CCc1cccc2c1N[C@H](C(=O)N[C@H]1CC(=O)OC1O)C2. The van der Waals surface area contributed by atoms with Crippen LogP contribution in [0.3, 0.4) is 0 Å². The van der Waals surface area contributed by atoms with Crippen molar-refractivity contribution in [3.05, 3.63) is 29.3 Å². The number of benzene rings is 1. The zero-order valence-electron chi connectivity index (χ0n) is 43.8. The molecule has 7 atom stereocenters. The summed E-state index contributed by atoms with van der Waals surface area (Å²) in [5.41, 5.74) is 2.36. The lowest BCUT2D eigenvalue weighted by Crippen LogP contribution is -2.53. The number of carboxylic acid groups (broad SMARTS) is 3. The molecule has 0 aromatic heterocycles. The Kier molecular flexibility index (Phi) is 26.6. The molecule has 27 heteroatoms. The van der Waals surface area contributed by atoms with Crippen molar-refractivity contribution >= 4 is 71.3 Å². The number of cyclic esters (lactones) is 1. The average Bonchev–Trinajstić information content (AvgIpc) is 3.97. The Balaban J connectivity index is 1.13. The van der Waals surface area contributed by atoms with E-state index in [1.165, 1.54) is 0 Å². The van der Waals surface area contributed by atoms with Crippen LogP contribution in [0.5, 0.6) is 0 Å². The Morgan fingerprint density at radius 1 is 0.818 bits per heavy atom. The summed E-state index contributed by atoms with van der Waals surface area (Å²) in [6, 6.07) is 0.867. The van der Waals surface area contributed by atoms with Crippen molar-refractivity contribution in [1.82, 2.24) is 52.3 Å². The highest BCUT2D eigenvalue weighted by atomic mass is 16.6. The molecule has 0 spiro atoms. The van der Waals surface area contributed by atoms with E-state index in [4.69, 9.17) is 9.84 Å². The minimum absolute atomic E-state index is 0.0200. The number of para-hydroxylation sites is 1. The van der Waals surface area contributed by atoms with Crippen LogP contribution in [0.4, 0.5) is 5.69 Å². The number of aliphatic carboxylic acids is 3. The quantitative estimate of drug-likeness (QED) is 0.0177. The fourth-order valence-electron chi connectivity index (χ4n) is 9.07. The largest absolute Gasteiger partial charge is 0.481 e. The van der Waals surface area contributed by atoms with Gasteiger partial charge < -0.3 is 77.8 Å². The van der Waals surface area contributed by atoms with Crippen LogP contribution >= 0.6 is 0 Å². The van der Waals surface area contributed by atoms with E-state index in [-0.39, 0.29) is 70.7 Å². The summed E-state index contributed by atoms with van der Waals surface area (Å²) in [6.45, 7) is 6.50. The van der Waals surface area contributed by atoms with Crippen molar-refractivity contribution in [3.8, 4) is 0 Å². The summed E-state index contributed by atoms with van der Waals surface area (Å²) in [7, 11) is 0. The van der Waals surface area contributed by atoms with Gasteiger partial charge in [0, 0.05) is 70.6 Å². The first-order valence-electron chi connectivity index (χ1n) is 26.2. The number of ether oxygens (including phenoxy) is 1. The molecule has 13 N–H and O–H groups in total. The normalized spacial score (nSPS) is 18.8. The van der Waals surface area contributed by atoms with Crippen molar-refractivity contribution < 1.29 is 77.9 Å². The topological polar surface area (TPSA) is 393 Å². The Morgan fingerprint density at radius 2 is 1.52 bits per heavy atom. The highest BCUT2D eigenvalue weighted by Crippen LogP contribution is 2.31. The van der Waals surface area contributed by atoms with Gasteiger partial charge in [-0.3, -0.25) is 57.7 Å². The number of hydrogen-bond acceptors (Lipinski definition) is 18. The molecule has 1 aromatic carbocycles. The highest BCUT2D eigenvalue weighted by Gasteiger charge is 2.37. The number of fused-ring (bicyclic) bond motifs is 1. The van der Waals surface area contributed by atoms with Gasteiger partial charge in [-0.1, -0.05) is 38.5 Å². The van der Waals surface area contributed by atoms with Gasteiger partial charge in [-0.15, -0.1) is 0 Å². The molecular weight excluding hydrogens is 1010 g/mol. The second-order valence-electron chi connectivity index (χ2n) is 19.6. The molecule has 2 saturated heterocycles. The molecule has 2 fully saturated rings. The number of nitrogens with zero attached hydrogens (tertiary/aromatic N) is 2. The lowest BCUT2D eigenvalue weighted by atomic mass is 9.97. The van der Waals surface area contributed by atoms with Crippen LogP contribution in [-0.2, 0) is 70.3 Å². The third-order valence-electron chi connectivity index (χ3n) is 13.6. The maximum atomic E-state index is 13.5. The van der Waals surface area contributed by atoms with E-state index >= 15 is 0 Å². The lowest BCUT2D eigenvalue weighted by molar-refractivity contribution is -0.155. The standard InChI is InChI=1S/C50H77N11O16/c1-3-30(2)45(49(75)55-34(29-62)8-7-32-5-4-6-33-23-36(57-46(32)33)48(74)58-37-24-44(72)77-50(37)76)59-39(64)12-15-53-38(63)11-16-54-47(73)35(9-10-41(66)67)56-40(65)27-60-19-13-31(14-20-60)25-51-17-21-61(28-43(70)71)22-18-52-26-42(68)69/h4-6,29-31,34-37,45,50-52,57,76H,3,7-28H2,1-2H3,(H,53,63)(H,54,73)(H,55,75)(H,56,65)(H,58,74)(H,59,64)(H,66,67)(H,68,69)(H,70,71)/t30-,34-,35+,36-,37-,45-,50?/m0/s1. The van der Waals surface area contributed by atoms with Crippen LogP contribution in [0.25, 0.3) is 0 Å². The first-order valence-corrected chi connectivity index (χ1v) is 26.2. The number of nitrogens with one attached hydrogen (secondary N) is 9. The van der Waals surface area contributed by atoms with Crippen molar-refractivity contribution in [1.29, 1.82) is 0 Å². The molecule has 27 nitrogen and oxygen atoms in total. The maximum Gasteiger partial charge on any atom is 0.317 e. The van der Waals surface area contributed by atoms with Gasteiger partial charge in [0.1, 0.15) is 30.5 Å². The van der Waals surface area contributed by atoms with E-state index in [0.717, 1.165) is 24.0 Å². The monoisotopic (exact) mass is 1090 g/mol. The zero-order valence-corrected chi connectivity index (χ0v) is 43.8. The molecule has 3 aliphatic heterocycles. The molecule has 3 heterocycles. The summed E-state index contributed by atoms with van der Waals surface area (Å²) in [4.78, 5) is 139. The smallest absolute Gasteiger partial charge is 0.317 e. The number of rotatable bonds is 36. The predicted octanol–water partition coefficient (Wildman–Crippen LogP) is -3.35. The number of piperidine rings is 1. The summed E-state index contributed by atoms with van der Waals surface area (Å²) in [5, 5.41) is 62.3. The number of amides is 6. The Bertz CT molecular complexity index is 2210. The Labute approximate surface area is 446 Å². The third-order valence-corrected chi connectivity index (χ3v) is 13.6. The first kappa shape index (κ1) is 62.7. The number of carbonyl (C=O) groups is 11. The lowest BCUT2D eigenvalue weighted by Gasteiger charge is -2.32. The molecule has 1 unspecified atom stereocenters. The molecule has 77 heavy (non-hydrogen) atoms. The van der Waals surface area contributed by atoms with Gasteiger partial charge in [0.15, 0.2) is 0 Å². The van der Waals surface area contributed by atoms with Gasteiger partial charge in [-0.05, 0) is 74.7 Å². The molecule has 0 aliphatic carbocycles. The van der Waals surface area contributed by atoms with Crippen LogP contribution in [0.15, 0.2) is 18.2 Å². The summed E-state index contributed by atoms with van der Waals surface area (Å²) >= 11 is 0. The van der Waals surface area contributed by atoms with E-state index in [9.17, 15) is 68.1 Å². The van der Waals surface area contributed by atoms with Crippen molar-refractivity contribution in [2.45, 2.75) is 121 Å². The summed E-state index contributed by atoms with van der Waals surface area (Å²) in [5.74, 6) is -6.97. The van der Waals surface area contributed by atoms with Gasteiger partial charge >= 0.3 is 23.9 Å². The number of aliphatic hydroxyl groups excluding tert-OH is 1. The molecule has 428 valence electrons. The van der Waals surface area contributed by atoms with E-state index < -0.39 is 102 Å². The second-order valence-corrected chi connectivity index (χ2v) is 19.6. The number of carbonyl (C=O) groups excluding carboxylic acids is 8. The first-order chi connectivity index (χ1) is 36.7. The summed E-state index contributed by atoms with van der Waals surface area (Å²) in [6.07, 6.45) is 0.995. The number of aliphatic hydroxyl groups is 1. The van der Waals surface area contributed by atoms with Crippen LogP contribution in [-0.4, -0.2) is 211 Å². The Hall–Kier alpha value is -6.81. The van der Waals surface area contributed by atoms with Gasteiger partial charge in [0.2, 0.25) is 41.7 Å².